The summed E-state index contributed by atoms with van der Waals surface area (Å²) in [6.07, 6.45) is 1.54. The Labute approximate surface area is 122 Å². The second-order valence-electron chi connectivity index (χ2n) is 4.33. The van der Waals surface area contributed by atoms with Crippen LogP contribution in [0.4, 0.5) is 5.69 Å². The lowest BCUT2D eigenvalue weighted by Gasteiger charge is -2.19. The number of nitrogens with zero attached hydrogens (tertiary/aromatic N) is 2. The van der Waals surface area contributed by atoms with E-state index in [9.17, 15) is 4.79 Å². The molecule has 1 aromatic carbocycles. The third kappa shape index (κ3) is 3.30. The van der Waals surface area contributed by atoms with Crippen molar-refractivity contribution in [2.75, 3.05) is 18.6 Å². The van der Waals surface area contributed by atoms with Crippen molar-refractivity contribution in [1.29, 1.82) is 0 Å². The van der Waals surface area contributed by atoms with Crippen LogP contribution in [0.25, 0.3) is 0 Å². The lowest BCUT2D eigenvalue weighted by Crippen LogP contribution is -2.21. The van der Waals surface area contributed by atoms with Gasteiger partial charge in [-0.2, -0.15) is 5.10 Å². The normalized spacial score (nSPS) is 10.3. The van der Waals surface area contributed by atoms with E-state index < -0.39 is 0 Å². The van der Waals surface area contributed by atoms with Crippen LogP contribution < -0.4 is 15.2 Å². The van der Waals surface area contributed by atoms with E-state index in [0.717, 1.165) is 11.3 Å². The Kier molecular flexibility index (Phi) is 4.63. The second kappa shape index (κ2) is 6.43. The molecule has 1 heterocycles. The van der Waals surface area contributed by atoms with Crippen LogP contribution >= 0.6 is 11.6 Å². The third-order valence-corrected chi connectivity index (χ3v) is 3.21. The van der Waals surface area contributed by atoms with E-state index in [1.54, 1.807) is 0 Å². The molecular formula is C14H16ClN3O2. The Morgan fingerprint density at radius 2 is 2.05 bits per heavy atom. The smallest absolute Gasteiger partial charge is 0.285 e. The van der Waals surface area contributed by atoms with Gasteiger partial charge in [-0.15, -0.1) is 0 Å². The van der Waals surface area contributed by atoms with Gasteiger partial charge in [-0.1, -0.05) is 23.7 Å². The lowest BCUT2D eigenvalue weighted by atomic mass is 10.2. The topological polar surface area (TPSA) is 58.2 Å². The quantitative estimate of drug-likeness (QED) is 0.920. The molecule has 0 fully saturated rings. The number of aromatic nitrogens is 2. The lowest BCUT2D eigenvalue weighted by molar-refractivity contribution is 0.340. The van der Waals surface area contributed by atoms with E-state index >= 15 is 0 Å². The Balaban J connectivity index is 2.13. The van der Waals surface area contributed by atoms with E-state index in [1.165, 1.54) is 6.20 Å². The zero-order chi connectivity index (χ0) is 14.5. The van der Waals surface area contributed by atoms with Gasteiger partial charge in [-0.05, 0) is 24.6 Å². The maximum absolute atomic E-state index is 11.4. The number of aromatic amines is 1. The third-order valence-electron chi connectivity index (χ3n) is 2.84. The maximum atomic E-state index is 11.4. The molecule has 0 saturated carbocycles. The van der Waals surface area contributed by atoms with E-state index in [1.807, 2.05) is 43.1 Å². The van der Waals surface area contributed by atoms with Crippen LogP contribution in [-0.2, 0) is 6.54 Å². The summed E-state index contributed by atoms with van der Waals surface area (Å²) in [6, 6.07) is 7.81. The molecule has 0 aliphatic heterocycles. The van der Waals surface area contributed by atoms with Crippen molar-refractivity contribution >= 4 is 17.3 Å². The summed E-state index contributed by atoms with van der Waals surface area (Å²) >= 11 is 5.98. The molecule has 0 unspecified atom stereocenters. The standard InChI is InChI=1S/C14H16ClN3O2/c1-3-20-11-6-4-10(5-7-11)9-18(2)12-8-16-17-14(19)13(12)15/h4-8H,3,9H2,1-2H3,(H,17,19). The first-order valence-corrected chi connectivity index (χ1v) is 6.65. The van der Waals surface area contributed by atoms with Crippen molar-refractivity contribution in [3.63, 3.8) is 0 Å². The second-order valence-corrected chi connectivity index (χ2v) is 4.71. The van der Waals surface area contributed by atoms with E-state index in [0.29, 0.717) is 18.8 Å². The van der Waals surface area contributed by atoms with Crippen LogP contribution in [0.3, 0.4) is 0 Å². The van der Waals surface area contributed by atoms with Gasteiger partial charge in [0.2, 0.25) is 0 Å². The number of benzene rings is 1. The highest BCUT2D eigenvalue weighted by molar-refractivity contribution is 6.32. The predicted octanol–water partition coefficient (Wildman–Crippen LogP) is 2.46. The Morgan fingerprint density at radius 1 is 1.35 bits per heavy atom. The number of hydrogen-bond donors (Lipinski definition) is 1. The molecule has 5 nitrogen and oxygen atoms in total. The molecule has 20 heavy (non-hydrogen) atoms. The summed E-state index contributed by atoms with van der Waals surface area (Å²) in [4.78, 5) is 13.3. The van der Waals surface area contributed by atoms with Crippen molar-refractivity contribution in [3.8, 4) is 5.75 Å². The number of anilines is 1. The van der Waals surface area contributed by atoms with Gasteiger partial charge < -0.3 is 9.64 Å². The summed E-state index contributed by atoms with van der Waals surface area (Å²) in [7, 11) is 1.86. The van der Waals surface area contributed by atoms with Crippen LogP contribution in [0, 0.1) is 0 Å². The molecule has 6 heteroatoms. The van der Waals surface area contributed by atoms with Crippen molar-refractivity contribution in [3.05, 3.63) is 51.4 Å². The van der Waals surface area contributed by atoms with Gasteiger partial charge in [0.1, 0.15) is 10.8 Å². The minimum atomic E-state index is -0.386. The fourth-order valence-corrected chi connectivity index (χ4v) is 2.09. The highest BCUT2D eigenvalue weighted by Crippen LogP contribution is 2.21. The van der Waals surface area contributed by atoms with Gasteiger partial charge in [0, 0.05) is 13.6 Å². The SMILES string of the molecule is CCOc1ccc(CN(C)c2cn[nH]c(=O)c2Cl)cc1. The number of ether oxygens (including phenoxy) is 1. The van der Waals surface area contributed by atoms with Gasteiger partial charge >= 0.3 is 0 Å². The highest BCUT2D eigenvalue weighted by Gasteiger charge is 2.10. The number of H-pyrrole nitrogens is 1. The van der Waals surface area contributed by atoms with Crippen molar-refractivity contribution in [1.82, 2.24) is 10.2 Å². The zero-order valence-corrected chi connectivity index (χ0v) is 12.1. The summed E-state index contributed by atoms with van der Waals surface area (Å²) < 4.78 is 5.40. The van der Waals surface area contributed by atoms with Gasteiger partial charge in [-0.25, -0.2) is 5.10 Å². The average Bonchev–Trinajstić information content (AvgIpc) is 2.44. The molecule has 0 saturated heterocycles. The highest BCUT2D eigenvalue weighted by atomic mass is 35.5. The Bertz CT molecular complexity index is 625. The van der Waals surface area contributed by atoms with Crippen LogP contribution in [0.1, 0.15) is 12.5 Å². The van der Waals surface area contributed by atoms with Gasteiger partial charge in [0.25, 0.3) is 5.56 Å². The Morgan fingerprint density at radius 3 is 2.70 bits per heavy atom. The molecule has 0 aliphatic rings. The summed E-state index contributed by atoms with van der Waals surface area (Å²) in [5.41, 5.74) is 1.30. The molecule has 2 aromatic rings. The van der Waals surface area contributed by atoms with Crippen LogP contribution in [0.5, 0.6) is 5.75 Å². The number of rotatable bonds is 5. The van der Waals surface area contributed by atoms with Crippen molar-refractivity contribution in [2.24, 2.45) is 0 Å². The first-order chi connectivity index (χ1) is 9.61. The minimum Gasteiger partial charge on any atom is -0.494 e. The molecule has 0 bridgehead atoms. The summed E-state index contributed by atoms with van der Waals surface area (Å²) in [6.45, 7) is 3.22. The van der Waals surface area contributed by atoms with Gasteiger partial charge in [-0.3, -0.25) is 4.79 Å². The summed E-state index contributed by atoms with van der Waals surface area (Å²) in [5.74, 6) is 0.842. The number of hydrogen-bond acceptors (Lipinski definition) is 4. The molecule has 0 aliphatic carbocycles. The molecule has 1 aromatic heterocycles. The van der Waals surface area contributed by atoms with Crippen LogP contribution in [-0.4, -0.2) is 23.9 Å². The van der Waals surface area contributed by atoms with Gasteiger partial charge in [0.05, 0.1) is 18.5 Å². The van der Waals surface area contributed by atoms with E-state index in [4.69, 9.17) is 16.3 Å². The van der Waals surface area contributed by atoms with Crippen molar-refractivity contribution < 1.29 is 4.74 Å². The van der Waals surface area contributed by atoms with E-state index in [-0.39, 0.29) is 10.6 Å². The van der Waals surface area contributed by atoms with Crippen LogP contribution in [0.15, 0.2) is 35.3 Å². The molecule has 0 spiro atoms. The first-order valence-electron chi connectivity index (χ1n) is 6.28. The first kappa shape index (κ1) is 14.4. The largest absolute Gasteiger partial charge is 0.494 e. The molecule has 2 rings (SSSR count). The van der Waals surface area contributed by atoms with E-state index in [2.05, 4.69) is 10.2 Å². The zero-order valence-electron chi connectivity index (χ0n) is 11.4. The fraction of sp³-hybridized carbons (Fsp3) is 0.286. The van der Waals surface area contributed by atoms with Crippen LogP contribution in [0.2, 0.25) is 5.02 Å². The predicted molar refractivity (Wildman–Crippen MR) is 79.6 cm³/mol. The maximum Gasteiger partial charge on any atom is 0.285 e. The molecule has 1 N–H and O–H groups in total. The molecule has 0 amide bonds. The molecule has 0 radical (unpaired) electrons. The minimum absolute atomic E-state index is 0.147. The molecule has 106 valence electrons. The van der Waals surface area contributed by atoms with Crippen molar-refractivity contribution in [2.45, 2.75) is 13.5 Å². The van der Waals surface area contributed by atoms with Gasteiger partial charge in [0.15, 0.2) is 0 Å². The molecular weight excluding hydrogens is 278 g/mol. The monoisotopic (exact) mass is 293 g/mol. The fourth-order valence-electron chi connectivity index (χ4n) is 1.86. The molecule has 0 atom stereocenters. The summed E-state index contributed by atoms with van der Waals surface area (Å²) in [5, 5.41) is 6.21. The average molecular weight is 294 g/mol. The Hall–Kier alpha value is -2.01. The number of halogens is 1. The number of nitrogens with one attached hydrogen (secondary N) is 1.